The Morgan fingerprint density at radius 3 is 2.00 bits per heavy atom. The van der Waals surface area contributed by atoms with Crippen LogP contribution in [0.3, 0.4) is 0 Å². The molecule has 0 bridgehead atoms. The predicted octanol–water partition coefficient (Wildman–Crippen LogP) is 4.58. The zero-order valence-corrected chi connectivity index (χ0v) is 19.3. The van der Waals surface area contributed by atoms with Gasteiger partial charge in [-0.1, -0.05) is 17.7 Å². The zero-order valence-electron chi connectivity index (χ0n) is 18.4. The summed E-state index contributed by atoms with van der Waals surface area (Å²) in [6.45, 7) is 6.31. The van der Waals surface area contributed by atoms with Crippen molar-refractivity contribution in [3.05, 3.63) is 56.7 Å². The molecule has 158 valence electrons. The summed E-state index contributed by atoms with van der Waals surface area (Å²) in [5, 5.41) is 6.81. The first kappa shape index (κ1) is 21.6. The number of thiazole rings is 1. The van der Waals surface area contributed by atoms with E-state index in [-0.39, 0.29) is 0 Å². The van der Waals surface area contributed by atoms with E-state index >= 15 is 0 Å². The molecule has 0 atom stereocenters. The van der Waals surface area contributed by atoms with Gasteiger partial charge >= 0.3 is 0 Å². The number of methoxy groups -OCH3 is 3. The van der Waals surface area contributed by atoms with Crippen molar-refractivity contribution in [1.29, 1.82) is 0 Å². The summed E-state index contributed by atoms with van der Waals surface area (Å²) in [5.41, 5.74) is 6.52. The SMILES string of the molecule is CN=c1scc(-c2cc(OC)c(OC)c(OC)c2)n1N=Cc1c(C)cc(C)cc1C. The molecular weight excluding hydrogens is 398 g/mol. The number of nitrogens with zero attached hydrogens (tertiary/aromatic N) is 3. The molecule has 30 heavy (non-hydrogen) atoms. The molecule has 6 nitrogen and oxygen atoms in total. The summed E-state index contributed by atoms with van der Waals surface area (Å²) >= 11 is 1.52. The quantitative estimate of drug-likeness (QED) is 0.543. The molecule has 0 N–H and O–H groups in total. The van der Waals surface area contributed by atoms with Gasteiger partial charge in [0.05, 0.1) is 33.2 Å². The average molecular weight is 426 g/mol. The Labute approximate surface area is 181 Å². The van der Waals surface area contributed by atoms with Gasteiger partial charge in [-0.2, -0.15) is 5.10 Å². The van der Waals surface area contributed by atoms with E-state index in [0.717, 1.165) is 21.6 Å². The molecular formula is C23H27N3O3S. The van der Waals surface area contributed by atoms with Gasteiger partial charge in [-0.3, -0.25) is 4.99 Å². The molecule has 0 fully saturated rings. The molecule has 0 saturated heterocycles. The molecule has 0 amide bonds. The van der Waals surface area contributed by atoms with Crippen LogP contribution in [-0.4, -0.2) is 39.3 Å². The molecule has 0 unspecified atom stereocenters. The lowest BCUT2D eigenvalue weighted by molar-refractivity contribution is 0.324. The second-order valence-electron chi connectivity index (χ2n) is 6.91. The molecule has 0 spiro atoms. The van der Waals surface area contributed by atoms with Crippen LogP contribution in [0.5, 0.6) is 17.2 Å². The van der Waals surface area contributed by atoms with Crippen molar-refractivity contribution < 1.29 is 14.2 Å². The first-order valence-electron chi connectivity index (χ1n) is 9.49. The van der Waals surface area contributed by atoms with Gasteiger partial charge in [-0.05, 0) is 44.0 Å². The van der Waals surface area contributed by atoms with E-state index in [9.17, 15) is 0 Å². The zero-order chi connectivity index (χ0) is 21.8. The van der Waals surface area contributed by atoms with E-state index in [1.807, 2.05) is 28.4 Å². The Kier molecular flexibility index (Phi) is 6.62. The number of hydrogen-bond acceptors (Lipinski definition) is 6. The molecule has 0 radical (unpaired) electrons. The summed E-state index contributed by atoms with van der Waals surface area (Å²) in [6.07, 6.45) is 1.90. The lowest BCUT2D eigenvalue weighted by Gasteiger charge is -2.14. The molecule has 1 heterocycles. The average Bonchev–Trinajstić information content (AvgIpc) is 3.14. The third-order valence-electron chi connectivity index (χ3n) is 4.88. The Bertz CT molecular complexity index is 1110. The highest BCUT2D eigenvalue weighted by molar-refractivity contribution is 7.07. The third-order valence-corrected chi connectivity index (χ3v) is 5.78. The number of aromatic nitrogens is 1. The Balaban J connectivity index is 2.16. The van der Waals surface area contributed by atoms with Gasteiger partial charge in [0.1, 0.15) is 0 Å². The fourth-order valence-electron chi connectivity index (χ4n) is 3.50. The first-order valence-corrected chi connectivity index (χ1v) is 10.4. The van der Waals surface area contributed by atoms with Crippen LogP contribution in [0.4, 0.5) is 0 Å². The highest BCUT2D eigenvalue weighted by atomic mass is 32.1. The van der Waals surface area contributed by atoms with Gasteiger partial charge in [0.15, 0.2) is 11.5 Å². The van der Waals surface area contributed by atoms with E-state index < -0.39 is 0 Å². The van der Waals surface area contributed by atoms with Gasteiger partial charge in [0, 0.05) is 23.6 Å². The molecule has 1 aromatic heterocycles. The van der Waals surface area contributed by atoms with E-state index in [1.54, 1.807) is 28.4 Å². The van der Waals surface area contributed by atoms with Crippen molar-refractivity contribution in [1.82, 2.24) is 4.68 Å². The van der Waals surface area contributed by atoms with Gasteiger partial charge in [0.2, 0.25) is 10.6 Å². The smallest absolute Gasteiger partial charge is 0.205 e. The van der Waals surface area contributed by atoms with E-state index in [2.05, 4.69) is 37.9 Å². The fourth-order valence-corrected chi connectivity index (χ4v) is 4.30. The Morgan fingerprint density at radius 1 is 0.900 bits per heavy atom. The molecule has 2 aromatic carbocycles. The summed E-state index contributed by atoms with van der Waals surface area (Å²) in [7, 11) is 6.57. The van der Waals surface area contributed by atoms with Crippen LogP contribution in [0, 0.1) is 20.8 Å². The monoisotopic (exact) mass is 425 g/mol. The Hall–Kier alpha value is -3.06. The number of ether oxygens (including phenoxy) is 3. The van der Waals surface area contributed by atoms with E-state index in [1.165, 1.54) is 28.0 Å². The van der Waals surface area contributed by atoms with Crippen molar-refractivity contribution in [3.8, 4) is 28.5 Å². The molecule has 3 rings (SSSR count). The first-order chi connectivity index (χ1) is 14.4. The van der Waals surface area contributed by atoms with Crippen LogP contribution in [0.15, 0.2) is 39.7 Å². The number of aryl methyl sites for hydroxylation is 3. The van der Waals surface area contributed by atoms with E-state index in [0.29, 0.717) is 17.2 Å². The number of hydrogen-bond donors (Lipinski definition) is 0. The largest absolute Gasteiger partial charge is 0.493 e. The lowest BCUT2D eigenvalue weighted by atomic mass is 10.0. The summed E-state index contributed by atoms with van der Waals surface area (Å²) in [5.74, 6) is 1.74. The molecule has 0 aliphatic heterocycles. The third kappa shape index (κ3) is 4.11. The summed E-state index contributed by atoms with van der Waals surface area (Å²) < 4.78 is 18.3. The fraction of sp³-hybridized carbons (Fsp3) is 0.304. The minimum Gasteiger partial charge on any atom is -0.493 e. The van der Waals surface area contributed by atoms with Gasteiger partial charge in [-0.25, -0.2) is 4.68 Å². The second kappa shape index (κ2) is 9.17. The summed E-state index contributed by atoms with van der Waals surface area (Å²) in [6, 6.07) is 8.16. The molecule has 0 aliphatic carbocycles. The lowest BCUT2D eigenvalue weighted by Crippen LogP contribution is -2.12. The number of benzene rings is 2. The predicted molar refractivity (Wildman–Crippen MR) is 123 cm³/mol. The van der Waals surface area contributed by atoms with Crippen LogP contribution >= 0.6 is 11.3 Å². The number of rotatable bonds is 6. The van der Waals surface area contributed by atoms with Gasteiger partial charge in [0.25, 0.3) is 0 Å². The van der Waals surface area contributed by atoms with Crippen LogP contribution in [0.2, 0.25) is 0 Å². The highest BCUT2D eigenvalue weighted by Gasteiger charge is 2.17. The highest BCUT2D eigenvalue weighted by Crippen LogP contribution is 2.41. The second-order valence-corrected chi connectivity index (χ2v) is 7.75. The minimum absolute atomic E-state index is 0.556. The van der Waals surface area contributed by atoms with Crippen LogP contribution < -0.4 is 19.0 Å². The molecule has 0 saturated carbocycles. The molecule has 0 aliphatic rings. The normalized spacial score (nSPS) is 11.9. The Morgan fingerprint density at radius 2 is 1.50 bits per heavy atom. The van der Waals surface area contributed by atoms with Gasteiger partial charge < -0.3 is 14.2 Å². The molecule has 7 heteroatoms. The van der Waals surface area contributed by atoms with Crippen molar-refractivity contribution in [2.24, 2.45) is 10.1 Å². The standard InChI is InChI=1S/C23H27N3O3S/c1-14-8-15(2)18(16(3)9-14)12-25-26-19(13-30-23(26)24-4)17-10-20(27-5)22(29-7)21(11-17)28-6/h8-13H,1-7H3. The van der Waals surface area contributed by atoms with Crippen LogP contribution in [0.1, 0.15) is 22.3 Å². The van der Waals surface area contributed by atoms with Crippen molar-refractivity contribution in [2.75, 3.05) is 28.4 Å². The molecule has 3 aromatic rings. The van der Waals surface area contributed by atoms with Crippen molar-refractivity contribution >= 4 is 17.6 Å². The maximum Gasteiger partial charge on any atom is 0.205 e. The summed E-state index contributed by atoms with van der Waals surface area (Å²) in [4.78, 5) is 5.18. The van der Waals surface area contributed by atoms with Crippen LogP contribution in [-0.2, 0) is 0 Å². The maximum absolute atomic E-state index is 5.51. The van der Waals surface area contributed by atoms with Crippen molar-refractivity contribution in [2.45, 2.75) is 20.8 Å². The van der Waals surface area contributed by atoms with Crippen molar-refractivity contribution in [3.63, 3.8) is 0 Å². The van der Waals surface area contributed by atoms with Crippen LogP contribution in [0.25, 0.3) is 11.3 Å². The minimum atomic E-state index is 0.556. The topological polar surface area (TPSA) is 57.3 Å². The van der Waals surface area contributed by atoms with Gasteiger partial charge in [-0.15, -0.1) is 11.3 Å². The maximum atomic E-state index is 5.51. The van der Waals surface area contributed by atoms with E-state index in [4.69, 9.17) is 19.3 Å².